The van der Waals surface area contributed by atoms with Crippen LogP contribution in [-0.4, -0.2) is 25.9 Å². The molecule has 0 spiro atoms. The van der Waals surface area contributed by atoms with Gasteiger partial charge in [0.2, 0.25) is 0 Å². The maximum atomic E-state index is 11.4. The van der Waals surface area contributed by atoms with E-state index in [9.17, 15) is 25.9 Å². The van der Waals surface area contributed by atoms with Crippen LogP contribution in [-0.2, 0) is 20.2 Å². The van der Waals surface area contributed by atoms with Crippen LogP contribution in [0.1, 0.15) is 0 Å². The van der Waals surface area contributed by atoms with E-state index in [0.29, 0.717) is 0 Å². The van der Waals surface area contributed by atoms with Gasteiger partial charge >= 0.3 is 0 Å². The van der Waals surface area contributed by atoms with Crippen molar-refractivity contribution in [1.29, 1.82) is 0 Å². The van der Waals surface area contributed by atoms with Gasteiger partial charge < -0.3 is 0 Å². The zero-order chi connectivity index (χ0) is 15.3. The lowest BCUT2D eigenvalue weighted by Crippen LogP contribution is -2.05. The summed E-state index contributed by atoms with van der Waals surface area (Å²) in [6.45, 7) is 0. The van der Waals surface area contributed by atoms with Crippen LogP contribution in [0.2, 0.25) is 0 Å². The van der Waals surface area contributed by atoms with Gasteiger partial charge in [0, 0.05) is 15.2 Å². The molecule has 108 valence electrons. The summed E-state index contributed by atoms with van der Waals surface area (Å²) in [5.41, 5.74) is 0. The van der Waals surface area contributed by atoms with E-state index in [1.54, 1.807) is 0 Å². The molecule has 0 saturated carbocycles. The van der Waals surface area contributed by atoms with Crippen molar-refractivity contribution in [3.63, 3.8) is 0 Å². The average molecular weight is 352 g/mol. The Morgan fingerprint density at radius 3 is 1.40 bits per heavy atom. The first kappa shape index (κ1) is 15.6. The standard InChI is InChI=1S/C10H8O6S4/c11-19(12,13)8-3-6(17)1-5-2-7(18)4-9(10(5)8)20(14,15)16/h1-4,17-18H,(H,11,12,13)(H,14,15,16). The Morgan fingerprint density at radius 1 is 0.750 bits per heavy atom. The van der Waals surface area contributed by atoms with Crippen molar-refractivity contribution in [2.75, 3.05) is 0 Å². The molecule has 0 radical (unpaired) electrons. The third-order valence-corrected chi connectivity index (χ3v) is 4.77. The van der Waals surface area contributed by atoms with Gasteiger partial charge in [0.15, 0.2) is 0 Å². The number of fused-ring (bicyclic) bond motifs is 1. The smallest absolute Gasteiger partial charge is 0.282 e. The molecule has 0 aliphatic carbocycles. The van der Waals surface area contributed by atoms with Gasteiger partial charge in [-0.2, -0.15) is 16.8 Å². The monoisotopic (exact) mass is 352 g/mol. The van der Waals surface area contributed by atoms with E-state index in [1.165, 1.54) is 12.1 Å². The normalized spacial score (nSPS) is 12.8. The highest BCUT2D eigenvalue weighted by Gasteiger charge is 2.23. The molecule has 0 fully saturated rings. The summed E-state index contributed by atoms with van der Waals surface area (Å²) in [4.78, 5) is -0.905. The minimum absolute atomic E-state index is 0.158. The van der Waals surface area contributed by atoms with Gasteiger partial charge in [-0.15, -0.1) is 25.3 Å². The SMILES string of the molecule is O=S(=O)(O)c1cc(S)cc2cc(S)cc(S(=O)(=O)O)c12. The van der Waals surface area contributed by atoms with Gasteiger partial charge in [0.05, 0.1) is 0 Å². The average Bonchev–Trinajstić information content (AvgIpc) is 2.23. The lowest BCUT2D eigenvalue weighted by atomic mass is 10.1. The summed E-state index contributed by atoms with van der Waals surface area (Å²) in [6, 6.07) is 4.77. The fraction of sp³-hybridized carbons (Fsp3) is 0. The van der Waals surface area contributed by atoms with E-state index < -0.39 is 30.0 Å². The minimum atomic E-state index is -4.70. The number of hydrogen-bond donors (Lipinski definition) is 4. The third kappa shape index (κ3) is 2.95. The maximum absolute atomic E-state index is 11.4. The molecular weight excluding hydrogens is 344 g/mol. The molecule has 0 unspecified atom stereocenters. The summed E-state index contributed by atoms with van der Waals surface area (Å²) < 4.78 is 64.0. The Labute approximate surface area is 126 Å². The first-order valence-electron chi connectivity index (χ1n) is 4.95. The van der Waals surface area contributed by atoms with Crippen molar-refractivity contribution in [2.45, 2.75) is 19.6 Å². The molecule has 2 N–H and O–H groups in total. The fourth-order valence-corrected chi connectivity index (χ4v) is 4.11. The predicted molar refractivity (Wildman–Crippen MR) is 78.1 cm³/mol. The van der Waals surface area contributed by atoms with E-state index >= 15 is 0 Å². The second-order valence-corrected chi connectivity index (χ2v) is 7.75. The minimum Gasteiger partial charge on any atom is -0.282 e. The van der Waals surface area contributed by atoms with Crippen LogP contribution < -0.4 is 0 Å². The number of rotatable bonds is 2. The van der Waals surface area contributed by atoms with Gasteiger partial charge in [-0.05, 0) is 29.7 Å². The second kappa shape index (κ2) is 4.90. The zero-order valence-electron chi connectivity index (χ0n) is 9.55. The Kier molecular flexibility index (Phi) is 3.82. The highest BCUT2D eigenvalue weighted by molar-refractivity contribution is 7.87. The van der Waals surface area contributed by atoms with E-state index in [2.05, 4.69) is 25.3 Å². The van der Waals surface area contributed by atoms with Crippen molar-refractivity contribution < 1.29 is 25.9 Å². The van der Waals surface area contributed by atoms with Gasteiger partial charge in [-0.1, -0.05) is 0 Å². The fourth-order valence-electron chi connectivity index (χ4n) is 1.81. The molecule has 6 nitrogen and oxygen atoms in total. The Morgan fingerprint density at radius 2 is 1.10 bits per heavy atom. The van der Waals surface area contributed by atoms with Gasteiger partial charge in [-0.3, -0.25) is 9.11 Å². The molecule has 0 heterocycles. The van der Waals surface area contributed by atoms with Crippen LogP contribution in [0.3, 0.4) is 0 Å². The molecular formula is C10H8O6S4. The van der Waals surface area contributed by atoms with Gasteiger partial charge in [0.25, 0.3) is 20.2 Å². The van der Waals surface area contributed by atoms with Gasteiger partial charge in [0.1, 0.15) is 9.79 Å². The van der Waals surface area contributed by atoms with Gasteiger partial charge in [-0.25, -0.2) is 0 Å². The Balaban J connectivity index is 3.17. The summed E-state index contributed by atoms with van der Waals surface area (Å²) in [5.74, 6) is 0. The van der Waals surface area contributed by atoms with Crippen molar-refractivity contribution in [1.82, 2.24) is 0 Å². The molecule has 20 heavy (non-hydrogen) atoms. The summed E-state index contributed by atoms with van der Waals surface area (Å²) in [5, 5.41) is -0.157. The molecule has 0 saturated heterocycles. The second-order valence-electron chi connectivity index (χ2n) is 3.94. The zero-order valence-corrected chi connectivity index (χ0v) is 13.0. The molecule has 0 aliphatic rings. The quantitative estimate of drug-likeness (QED) is 0.486. The largest absolute Gasteiger partial charge is 0.295 e. The Bertz CT molecular complexity index is 842. The number of benzene rings is 2. The summed E-state index contributed by atoms with van der Waals surface area (Å²) in [6.07, 6.45) is 0. The molecule has 0 amide bonds. The van der Waals surface area contributed by atoms with Crippen LogP contribution in [0.25, 0.3) is 10.8 Å². The highest BCUT2D eigenvalue weighted by Crippen LogP contribution is 2.33. The molecule has 0 aromatic heterocycles. The van der Waals surface area contributed by atoms with E-state index in [0.717, 1.165) is 12.1 Å². The molecule has 0 bridgehead atoms. The number of hydrogen-bond acceptors (Lipinski definition) is 6. The Hall–Kier alpha value is -0.780. The van der Waals surface area contributed by atoms with Crippen molar-refractivity contribution in [3.05, 3.63) is 24.3 Å². The van der Waals surface area contributed by atoms with Crippen LogP contribution in [0.4, 0.5) is 0 Å². The van der Waals surface area contributed by atoms with E-state index in [-0.39, 0.29) is 20.6 Å². The summed E-state index contributed by atoms with van der Waals surface area (Å²) >= 11 is 7.98. The maximum Gasteiger partial charge on any atom is 0.295 e. The van der Waals surface area contributed by atoms with Crippen LogP contribution in [0, 0.1) is 0 Å². The summed E-state index contributed by atoms with van der Waals surface area (Å²) in [7, 11) is -9.39. The molecule has 0 atom stereocenters. The first-order chi connectivity index (χ1) is 9.00. The predicted octanol–water partition coefficient (Wildman–Crippen LogP) is 1.91. The lowest BCUT2D eigenvalue weighted by Gasteiger charge is -2.10. The van der Waals surface area contributed by atoms with Crippen molar-refractivity contribution in [2.24, 2.45) is 0 Å². The first-order valence-corrected chi connectivity index (χ1v) is 8.72. The topological polar surface area (TPSA) is 109 Å². The molecule has 2 aromatic carbocycles. The number of thiol groups is 2. The molecule has 10 heteroatoms. The van der Waals surface area contributed by atoms with Crippen LogP contribution in [0.15, 0.2) is 43.8 Å². The van der Waals surface area contributed by atoms with Crippen LogP contribution >= 0.6 is 25.3 Å². The molecule has 2 rings (SSSR count). The van der Waals surface area contributed by atoms with Crippen molar-refractivity contribution in [3.8, 4) is 0 Å². The lowest BCUT2D eigenvalue weighted by molar-refractivity contribution is 0.483. The van der Waals surface area contributed by atoms with E-state index in [1.807, 2.05) is 0 Å². The third-order valence-electron chi connectivity index (χ3n) is 2.50. The van der Waals surface area contributed by atoms with Crippen LogP contribution in [0.5, 0.6) is 0 Å². The molecule has 2 aromatic rings. The molecule has 0 aliphatic heterocycles. The highest BCUT2D eigenvalue weighted by atomic mass is 32.2. The van der Waals surface area contributed by atoms with E-state index in [4.69, 9.17) is 0 Å². The van der Waals surface area contributed by atoms with Crippen molar-refractivity contribution >= 4 is 56.3 Å².